The van der Waals surface area contributed by atoms with E-state index in [2.05, 4.69) is 56.2 Å². The van der Waals surface area contributed by atoms with E-state index in [1.54, 1.807) is 22.2 Å². The zero-order valence-corrected chi connectivity index (χ0v) is 17.4. The molecule has 0 aliphatic carbocycles. The summed E-state index contributed by atoms with van der Waals surface area (Å²) in [5.41, 5.74) is 0.634. The Morgan fingerprint density at radius 3 is 2.75 bits per heavy atom. The number of carbonyl (C=O) groups excluding carboxylic acids is 1. The molecule has 0 aliphatic heterocycles. The van der Waals surface area contributed by atoms with Crippen LogP contribution in [0.3, 0.4) is 0 Å². The molecule has 0 aromatic carbocycles. The van der Waals surface area contributed by atoms with Crippen molar-refractivity contribution in [2.45, 2.75) is 26.9 Å². The average Bonchev–Trinajstić information content (AvgIpc) is 3.37. The predicted molar refractivity (Wildman–Crippen MR) is 110 cm³/mol. The van der Waals surface area contributed by atoms with Gasteiger partial charge in [0.1, 0.15) is 18.7 Å². The zero-order chi connectivity index (χ0) is 19.9. The molecule has 9 heteroatoms. The molecule has 0 radical (unpaired) electrons. The number of rotatable bonds is 10. The van der Waals surface area contributed by atoms with E-state index in [0.717, 1.165) is 43.9 Å². The topological polar surface area (TPSA) is 76.4 Å². The number of hydrogen-bond acceptors (Lipinski definition) is 8. The zero-order valence-electron chi connectivity index (χ0n) is 16.5. The number of carbonyl (C=O) groups is 1. The van der Waals surface area contributed by atoms with Gasteiger partial charge < -0.3 is 14.5 Å². The maximum atomic E-state index is 11.7. The Balaban J connectivity index is 1.91. The van der Waals surface area contributed by atoms with Crippen molar-refractivity contribution in [3.05, 3.63) is 34.9 Å². The van der Waals surface area contributed by atoms with Crippen molar-refractivity contribution < 1.29 is 9.53 Å². The number of likely N-dealkylation sites (N-methyl/N-ethyl adjacent to an activating group) is 1. The van der Waals surface area contributed by atoms with Crippen LogP contribution in [0.25, 0.3) is 11.0 Å². The highest BCUT2D eigenvalue weighted by molar-refractivity contribution is 7.09. The van der Waals surface area contributed by atoms with E-state index in [-0.39, 0.29) is 12.5 Å². The Kier molecular flexibility index (Phi) is 6.94. The Morgan fingerprint density at radius 2 is 2.07 bits per heavy atom. The highest BCUT2D eigenvalue weighted by Gasteiger charge is 2.18. The van der Waals surface area contributed by atoms with Gasteiger partial charge in [-0.25, -0.2) is 14.6 Å². The summed E-state index contributed by atoms with van der Waals surface area (Å²) in [7, 11) is 1.37. The molecular weight excluding hydrogens is 376 g/mol. The second-order valence-electron chi connectivity index (χ2n) is 6.34. The van der Waals surface area contributed by atoms with Gasteiger partial charge in [0, 0.05) is 18.0 Å². The summed E-state index contributed by atoms with van der Waals surface area (Å²) < 4.78 is 6.31. The van der Waals surface area contributed by atoms with Crippen LogP contribution in [0.2, 0.25) is 0 Å². The molecule has 28 heavy (non-hydrogen) atoms. The normalized spacial score (nSPS) is 11.3. The van der Waals surface area contributed by atoms with Crippen molar-refractivity contribution >= 4 is 34.2 Å². The summed E-state index contributed by atoms with van der Waals surface area (Å²) in [5.74, 6) is 0.476. The average molecular weight is 403 g/mol. The molecule has 0 atom stereocenters. The fraction of sp³-hybridized carbons (Fsp3) is 0.474. The number of thiophene rings is 1. The number of aromatic nitrogens is 4. The van der Waals surface area contributed by atoms with Crippen LogP contribution in [0.15, 0.2) is 30.0 Å². The van der Waals surface area contributed by atoms with Gasteiger partial charge in [0.2, 0.25) is 0 Å². The third-order valence-electron chi connectivity index (χ3n) is 4.73. The number of esters is 1. The first-order valence-corrected chi connectivity index (χ1v) is 10.3. The van der Waals surface area contributed by atoms with Gasteiger partial charge in [-0.1, -0.05) is 19.9 Å². The van der Waals surface area contributed by atoms with Crippen LogP contribution < -0.4 is 4.90 Å². The van der Waals surface area contributed by atoms with Gasteiger partial charge in [-0.2, -0.15) is 5.10 Å². The van der Waals surface area contributed by atoms with Crippen LogP contribution in [0.5, 0.6) is 0 Å². The molecule has 3 heterocycles. The van der Waals surface area contributed by atoms with Crippen molar-refractivity contribution in [2.75, 3.05) is 38.2 Å². The van der Waals surface area contributed by atoms with Gasteiger partial charge in [-0.3, -0.25) is 4.79 Å². The molecule has 150 valence electrons. The van der Waals surface area contributed by atoms with Crippen LogP contribution in [-0.4, -0.2) is 63.9 Å². The molecule has 0 saturated carbocycles. The van der Waals surface area contributed by atoms with Crippen LogP contribution in [0.1, 0.15) is 18.7 Å². The maximum Gasteiger partial charge on any atom is 0.327 e. The lowest BCUT2D eigenvalue weighted by atomic mass is 10.3. The minimum absolute atomic E-state index is 0.0286. The van der Waals surface area contributed by atoms with Crippen molar-refractivity contribution in [2.24, 2.45) is 0 Å². The highest BCUT2D eigenvalue weighted by Crippen LogP contribution is 2.25. The van der Waals surface area contributed by atoms with Gasteiger partial charge in [0.25, 0.3) is 0 Å². The van der Waals surface area contributed by atoms with Gasteiger partial charge in [0.05, 0.1) is 25.2 Å². The van der Waals surface area contributed by atoms with Gasteiger partial charge >= 0.3 is 5.97 Å². The molecule has 0 saturated heterocycles. The first kappa shape index (κ1) is 20.2. The summed E-state index contributed by atoms with van der Waals surface area (Å²) in [4.78, 5) is 26.5. The largest absolute Gasteiger partial charge is 0.468 e. The lowest BCUT2D eigenvalue weighted by molar-refractivity contribution is -0.141. The van der Waals surface area contributed by atoms with Gasteiger partial charge in [0.15, 0.2) is 5.65 Å². The predicted octanol–water partition coefficient (Wildman–Crippen LogP) is 2.41. The molecule has 0 spiro atoms. The Hall–Kier alpha value is -2.52. The summed E-state index contributed by atoms with van der Waals surface area (Å²) >= 11 is 1.73. The van der Waals surface area contributed by atoms with Crippen LogP contribution in [0, 0.1) is 0 Å². The lowest BCUT2D eigenvalue weighted by Crippen LogP contribution is -2.35. The van der Waals surface area contributed by atoms with E-state index in [4.69, 9.17) is 4.74 Å². The third kappa shape index (κ3) is 4.66. The quantitative estimate of drug-likeness (QED) is 0.482. The molecule has 0 unspecified atom stereocenters. The first-order valence-electron chi connectivity index (χ1n) is 9.39. The molecule has 3 aromatic rings. The smallest absolute Gasteiger partial charge is 0.327 e. The standard InChI is InChI=1S/C19H26N6O2S/c1-4-23(5-2)8-9-24(12-15-7-6-10-28-15)18-16-11-22-25(13-17(26)27-3)19(16)21-14-20-18/h6-7,10-11,14H,4-5,8-9,12-13H2,1-3H3. The Morgan fingerprint density at radius 1 is 1.25 bits per heavy atom. The van der Waals surface area contributed by atoms with Crippen molar-refractivity contribution in [1.29, 1.82) is 0 Å². The minimum Gasteiger partial charge on any atom is -0.468 e. The molecule has 8 nitrogen and oxygen atoms in total. The summed E-state index contributed by atoms with van der Waals surface area (Å²) in [6, 6.07) is 4.20. The van der Waals surface area contributed by atoms with E-state index in [9.17, 15) is 4.79 Å². The van der Waals surface area contributed by atoms with E-state index in [1.165, 1.54) is 18.3 Å². The van der Waals surface area contributed by atoms with E-state index >= 15 is 0 Å². The van der Waals surface area contributed by atoms with E-state index in [0.29, 0.717) is 5.65 Å². The van der Waals surface area contributed by atoms with Crippen LogP contribution in [0.4, 0.5) is 5.82 Å². The Bertz CT molecular complexity index is 891. The number of fused-ring (bicyclic) bond motifs is 1. The summed E-state index contributed by atoms with van der Waals surface area (Å²) in [6.07, 6.45) is 3.26. The second-order valence-corrected chi connectivity index (χ2v) is 7.37. The number of anilines is 1. The Labute approximate surface area is 168 Å². The fourth-order valence-electron chi connectivity index (χ4n) is 3.09. The molecule has 0 aliphatic rings. The van der Waals surface area contributed by atoms with Crippen molar-refractivity contribution in [3.63, 3.8) is 0 Å². The number of nitrogens with zero attached hydrogens (tertiary/aromatic N) is 6. The third-order valence-corrected chi connectivity index (χ3v) is 5.59. The SMILES string of the molecule is CCN(CC)CCN(Cc1cccs1)c1ncnc2c1cnn2CC(=O)OC. The molecule has 3 rings (SSSR count). The van der Waals surface area contributed by atoms with Gasteiger partial charge in [-0.15, -0.1) is 11.3 Å². The molecular formula is C19H26N6O2S. The minimum atomic E-state index is -0.359. The first-order chi connectivity index (χ1) is 13.7. The van der Waals surface area contributed by atoms with E-state index in [1.807, 2.05) is 0 Å². The molecule has 0 fully saturated rings. The molecule has 0 N–H and O–H groups in total. The molecule has 0 amide bonds. The van der Waals surface area contributed by atoms with Crippen molar-refractivity contribution in [3.8, 4) is 0 Å². The lowest BCUT2D eigenvalue weighted by Gasteiger charge is -2.27. The van der Waals surface area contributed by atoms with Crippen molar-refractivity contribution in [1.82, 2.24) is 24.6 Å². The fourth-order valence-corrected chi connectivity index (χ4v) is 3.81. The second kappa shape index (κ2) is 9.61. The molecule has 0 bridgehead atoms. The van der Waals surface area contributed by atoms with Crippen LogP contribution >= 0.6 is 11.3 Å². The maximum absolute atomic E-state index is 11.7. The highest BCUT2D eigenvalue weighted by atomic mass is 32.1. The van der Waals surface area contributed by atoms with Gasteiger partial charge in [-0.05, 0) is 24.5 Å². The number of hydrogen-bond donors (Lipinski definition) is 0. The monoisotopic (exact) mass is 402 g/mol. The van der Waals surface area contributed by atoms with E-state index < -0.39 is 0 Å². The van der Waals surface area contributed by atoms with Crippen LogP contribution in [-0.2, 0) is 22.6 Å². The summed E-state index contributed by atoms with van der Waals surface area (Å²) in [5, 5.41) is 7.25. The number of ether oxygens (including phenoxy) is 1. The summed E-state index contributed by atoms with van der Waals surface area (Å²) in [6.45, 7) is 8.96. The molecule has 3 aromatic heterocycles. The number of methoxy groups -OCH3 is 1.